The van der Waals surface area contributed by atoms with Crippen LogP contribution in [0.4, 0.5) is 0 Å². The zero-order valence-electron chi connectivity index (χ0n) is 10.1. The van der Waals surface area contributed by atoms with Crippen LogP contribution in [0.25, 0.3) is 0 Å². The van der Waals surface area contributed by atoms with Gasteiger partial charge in [0.05, 0.1) is 6.61 Å². The van der Waals surface area contributed by atoms with E-state index < -0.39 is 0 Å². The van der Waals surface area contributed by atoms with E-state index in [0.717, 1.165) is 25.7 Å². The molecule has 0 radical (unpaired) electrons. The summed E-state index contributed by atoms with van der Waals surface area (Å²) in [5.74, 6) is -0.121. The van der Waals surface area contributed by atoms with Crippen LogP contribution in [0.1, 0.15) is 36.2 Å². The van der Waals surface area contributed by atoms with Crippen molar-refractivity contribution < 1.29 is 9.90 Å². The number of aliphatic hydroxyl groups is 1. The van der Waals surface area contributed by atoms with E-state index in [-0.39, 0.29) is 17.9 Å². The molecule has 0 bridgehead atoms. The van der Waals surface area contributed by atoms with Gasteiger partial charge in [0, 0.05) is 25.2 Å². The van der Waals surface area contributed by atoms with Gasteiger partial charge in [-0.05, 0) is 18.9 Å². The van der Waals surface area contributed by atoms with E-state index >= 15 is 0 Å². The molecular weight excluding hydrogens is 218 g/mol. The highest BCUT2D eigenvalue weighted by Gasteiger charge is 2.33. The average molecular weight is 237 g/mol. The molecule has 2 N–H and O–H groups in total. The Hall–Kier alpha value is -1.36. The van der Waals surface area contributed by atoms with Gasteiger partial charge in [-0.25, -0.2) is 0 Å². The lowest BCUT2D eigenvalue weighted by Gasteiger charge is -2.26. The smallest absolute Gasteiger partial charge is 0.269 e. The van der Waals surface area contributed by atoms with Crippen LogP contribution < -0.4 is 5.32 Å². The van der Waals surface area contributed by atoms with E-state index in [1.54, 1.807) is 24.0 Å². The van der Waals surface area contributed by atoms with Crippen molar-refractivity contribution in [3.05, 3.63) is 18.0 Å². The van der Waals surface area contributed by atoms with Crippen molar-refractivity contribution in [3.63, 3.8) is 0 Å². The number of nitrogens with one attached hydrogen (secondary N) is 1. The second kappa shape index (κ2) is 4.87. The fraction of sp³-hybridized carbons (Fsp3) is 0.667. The molecule has 0 aliphatic heterocycles. The standard InChI is InChI=1S/C12H19N3O2/c1-15-10(4-7-14-15)11(17)13-8-12(9-16)5-2-3-6-12/h4,7,16H,2-3,5-6,8-9H2,1H3,(H,13,17). The minimum absolute atomic E-state index is 0.103. The van der Waals surface area contributed by atoms with Crippen LogP contribution in [0.3, 0.4) is 0 Å². The SMILES string of the molecule is Cn1nccc1C(=O)NCC1(CO)CCCC1. The van der Waals surface area contributed by atoms with Gasteiger partial charge in [0.1, 0.15) is 5.69 Å². The maximum absolute atomic E-state index is 11.9. The van der Waals surface area contributed by atoms with Gasteiger partial charge >= 0.3 is 0 Å². The quantitative estimate of drug-likeness (QED) is 0.810. The van der Waals surface area contributed by atoms with Crippen LogP contribution in [0.15, 0.2) is 12.3 Å². The van der Waals surface area contributed by atoms with Gasteiger partial charge in [-0.1, -0.05) is 12.8 Å². The Balaban J connectivity index is 1.94. The van der Waals surface area contributed by atoms with E-state index in [9.17, 15) is 9.90 Å². The lowest BCUT2D eigenvalue weighted by atomic mass is 9.87. The van der Waals surface area contributed by atoms with Gasteiger partial charge in [-0.15, -0.1) is 0 Å². The minimum Gasteiger partial charge on any atom is -0.396 e. The number of aryl methyl sites for hydroxylation is 1. The first-order chi connectivity index (χ1) is 8.17. The van der Waals surface area contributed by atoms with E-state index in [1.807, 2.05) is 0 Å². The van der Waals surface area contributed by atoms with Crippen LogP contribution in [0.5, 0.6) is 0 Å². The molecule has 1 aromatic heterocycles. The summed E-state index contributed by atoms with van der Waals surface area (Å²) in [4.78, 5) is 11.9. The highest BCUT2D eigenvalue weighted by molar-refractivity contribution is 5.92. The topological polar surface area (TPSA) is 67.2 Å². The number of rotatable bonds is 4. The molecule has 17 heavy (non-hydrogen) atoms. The summed E-state index contributed by atoms with van der Waals surface area (Å²) in [7, 11) is 1.74. The van der Waals surface area contributed by atoms with Crippen molar-refractivity contribution >= 4 is 5.91 Å². The van der Waals surface area contributed by atoms with Crippen LogP contribution in [0.2, 0.25) is 0 Å². The second-order valence-corrected chi connectivity index (χ2v) is 4.89. The molecule has 0 saturated heterocycles. The number of carbonyl (C=O) groups excluding carboxylic acids is 1. The van der Waals surface area contributed by atoms with Crippen molar-refractivity contribution in [2.75, 3.05) is 13.2 Å². The number of nitrogens with zero attached hydrogens (tertiary/aromatic N) is 2. The number of hydrogen-bond donors (Lipinski definition) is 2. The largest absolute Gasteiger partial charge is 0.396 e. The lowest BCUT2D eigenvalue weighted by molar-refractivity contribution is 0.0872. The molecule has 5 heteroatoms. The predicted octanol–water partition coefficient (Wildman–Crippen LogP) is 0.703. The second-order valence-electron chi connectivity index (χ2n) is 4.89. The van der Waals surface area contributed by atoms with Gasteiger partial charge in [0.15, 0.2) is 0 Å². The Bertz CT molecular complexity index is 394. The predicted molar refractivity (Wildman–Crippen MR) is 63.5 cm³/mol. The molecule has 1 aliphatic rings. The van der Waals surface area contributed by atoms with Gasteiger partial charge in [-0.2, -0.15) is 5.10 Å². The molecule has 1 aromatic rings. The Kier molecular flexibility index (Phi) is 3.47. The third-order valence-corrected chi connectivity index (χ3v) is 3.68. The molecule has 1 heterocycles. The summed E-state index contributed by atoms with van der Waals surface area (Å²) in [5.41, 5.74) is 0.449. The molecular formula is C12H19N3O2. The highest BCUT2D eigenvalue weighted by atomic mass is 16.3. The molecule has 0 atom stereocenters. The van der Waals surface area contributed by atoms with Crippen molar-refractivity contribution in [3.8, 4) is 0 Å². The Labute approximate surface area is 101 Å². The summed E-state index contributed by atoms with van der Waals surface area (Å²) >= 11 is 0. The molecule has 5 nitrogen and oxygen atoms in total. The first-order valence-corrected chi connectivity index (χ1v) is 6.04. The third-order valence-electron chi connectivity index (χ3n) is 3.68. The van der Waals surface area contributed by atoms with Gasteiger partial charge < -0.3 is 10.4 Å². The van der Waals surface area contributed by atoms with Crippen molar-refractivity contribution in [1.82, 2.24) is 15.1 Å². The first kappa shape index (κ1) is 12.1. The molecule has 0 spiro atoms. The zero-order valence-corrected chi connectivity index (χ0v) is 10.1. The normalized spacial score (nSPS) is 18.2. The van der Waals surface area contributed by atoms with Crippen molar-refractivity contribution in [2.45, 2.75) is 25.7 Å². The summed E-state index contributed by atoms with van der Waals surface area (Å²) < 4.78 is 1.55. The van der Waals surface area contributed by atoms with Crippen LogP contribution in [0, 0.1) is 5.41 Å². The molecule has 1 aliphatic carbocycles. The van der Waals surface area contributed by atoms with Crippen LogP contribution in [-0.4, -0.2) is 33.9 Å². The van der Waals surface area contributed by atoms with E-state index in [0.29, 0.717) is 12.2 Å². The van der Waals surface area contributed by atoms with Crippen molar-refractivity contribution in [1.29, 1.82) is 0 Å². The first-order valence-electron chi connectivity index (χ1n) is 6.04. The fourth-order valence-corrected chi connectivity index (χ4v) is 2.47. The molecule has 0 unspecified atom stereocenters. The fourth-order valence-electron chi connectivity index (χ4n) is 2.47. The van der Waals surface area contributed by atoms with E-state index in [1.165, 1.54) is 0 Å². The third kappa shape index (κ3) is 2.49. The van der Waals surface area contributed by atoms with Crippen LogP contribution in [-0.2, 0) is 7.05 Å². The summed E-state index contributed by atoms with van der Waals surface area (Å²) in [6.07, 6.45) is 5.88. The van der Waals surface area contributed by atoms with E-state index in [4.69, 9.17) is 0 Å². The molecule has 94 valence electrons. The number of amides is 1. The van der Waals surface area contributed by atoms with E-state index in [2.05, 4.69) is 10.4 Å². The summed E-state index contributed by atoms with van der Waals surface area (Å²) in [5, 5.41) is 16.3. The Morgan fingerprint density at radius 3 is 2.82 bits per heavy atom. The minimum atomic E-state index is -0.121. The molecule has 2 rings (SSSR count). The Morgan fingerprint density at radius 1 is 1.59 bits per heavy atom. The van der Waals surface area contributed by atoms with Gasteiger partial charge in [-0.3, -0.25) is 9.48 Å². The summed E-state index contributed by atoms with van der Waals surface area (Å²) in [6.45, 7) is 0.701. The molecule has 1 saturated carbocycles. The summed E-state index contributed by atoms with van der Waals surface area (Å²) in [6, 6.07) is 1.69. The molecule has 0 aromatic carbocycles. The lowest BCUT2D eigenvalue weighted by Crippen LogP contribution is -2.38. The number of aromatic nitrogens is 2. The molecule has 1 amide bonds. The maximum Gasteiger partial charge on any atom is 0.269 e. The maximum atomic E-state index is 11.9. The number of carbonyl (C=O) groups is 1. The van der Waals surface area contributed by atoms with Gasteiger partial charge in [0.25, 0.3) is 5.91 Å². The van der Waals surface area contributed by atoms with Crippen molar-refractivity contribution in [2.24, 2.45) is 12.5 Å². The number of hydrogen-bond acceptors (Lipinski definition) is 3. The van der Waals surface area contributed by atoms with Crippen LogP contribution >= 0.6 is 0 Å². The highest BCUT2D eigenvalue weighted by Crippen LogP contribution is 2.36. The monoisotopic (exact) mass is 237 g/mol. The zero-order chi connectivity index (χ0) is 12.3. The Morgan fingerprint density at radius 2 is 2.29 bits per heavy atom. The van der Waals surface area contributed by atoms with Gasteiger partial charge in [0.2, 0.25) is 0 Å². The molecule has 1 fully saturated rings. The average Bonchev–Trinajstić information content (AvgIpc) is 2.95. The number of aliphatic hydroxyl groups excluding tert-OH is 1.